The Morgan fingerprint density at radius 3 is 2.50 bits per heavy atom. The molecule has 1 saturated heterocycles. The van der Waals surface area contributed by atoms with Gasteiger partial charge >= 0.3 is 0 Å². The molecule has 208 valence electrons. The maximum Gasteiger partial charge on any atom is 0.273 e. The third-order valence-electron chi connectivity index (χ3n) is 6.77. The van der Waals surface area contributed by atoms with Crippen molar-refractivity contribution in [1.29, 1.82) is 0 Å². The minimum atomic E-state index is -2.75. The highest BCUT2D eigenvalue weighted by Crippen LogP contribution is 2.38. The molecule has 1 aromatic carbocycles. The Balaban J connectivity index is 1.42. The van der Waals surface area contributed by atoms with Gasteiger partial charge in [0.1, 0.15) is 5.82 Å². The second-order valence-corrected chi connectivity index (χ2v) is 9.47. The second kappa shape index (κ2) is 11.5. The molecule has 13 heteroatoms. The number of aromatic nitrogens is 4. The molecule has 1 aliphatic carbocycles. The number of carbonyl (C=O) groups is 3. The van der Waals surface area contributed by atoms with Gasteiger partial charge < -0.3 is 30.5 Å². The molecule has 0 unspecified atom stereocenters. The zero-order valence-corrected chi connectivity index (χ0v) is 22.1. The third-order valence-corrected chi connectivity index (χ3v) is 6.77. The van der Waals surface area contributed by atoms with Gasteiger partial charge in [0.2, 0.25) is 11.8 Å². The lowest BCUT2D eigenvalue weighted by Crippen LogP contribution is -2.48. The summed E-state index contributed by atoms with van der Waals surface area (Å²) < 4.78 is 28.0. The molecule has 40 heavy (non-hydrogen) atoms. The first kappa shape index (κ1) is 23.1. The number of anilines is 4. The molecule has 0 radical (unpaired) electrons. The van der Waals surface area contributed by atoms with Crippen molar-refractivity contribution in [2.75, 3.05) is 55.8 Å². The van der Waals surface area contributed by atoms with Gasteiger partial charge in [0.05, 0.1) is 36.6 Å². The summed E-state index contributed by atoms with van der Waals surface area (Å²) in [4.78, 5) is 49.8. The molecule has 0 spiro atoms. The van der Waals surface area contributed by atoms with Gasteiger partial charge in [0.25, 0.3) is 5.91 Å². The van der Waals surface area contributed by atoms with E-state index in [4.69, 9.17) is 8.85 Å². The first-order chi connectivity index (χ1) is 20.5. The van der Waals surface area contributed by atoms with E-state index in [-0.39, 0.29) is 34.9 Å². The third kappa shape index (κ3) is 5.77. The molecule has 13 nitrogen and oxygen atoms in total. The van der Waals surface area contributed by atoms with E-state index >= 15 is 0 Å². The summed E-state index contributed by atoms with van der Waals surface area (Å²) in [5.74, 6) is -0.0563. The van der Waals surface area contributed by atoms with Crippen molar-refractivity contribution >= 4 is 40.7 Å². The number of carbonyl (C=O) groups excluding carboxylic acids is 3. The quantitative estimate of drug-likeness (QED) is 0.381. The Bertz CT molecular complexity index is 1520. The van der Waals surface area contributed by atoms with Gasteiger partial charge in [-0.1, -0.05) is 6.07 Å². The van der Waals surface area contributed by atoms with Crippen molar-refractivity contribution < 1.29 is 23.2 Å². The Kier molecular flexibility index (Phi) is 6.65. The lowest BCUT2D eigenvalue weighted by Gasteiger charge is -2.34. The van der Waals surface area contributed by atoms with Crippen LogP contribution in [0.4, 0.5) is 23.0 Å². The minimum absolute atomic E-state index is 0.0495. The highest BCUT2D eigenvalue weighted by atomic mass is 16.5. The summed E-state index contributed by atoms with van der Waals surface area (Å²) in [7, 11) is 1.48. The van der Waals surface area contributed by atoms with Crippen LogP contribution < -0.4 is 25.6 Å². The normalized spacial score (nSPS) is 16.3. The van der Waals surface area contributed by atoms with Crippen molar-refractivity contribution in [3.05, 3.63) is 42.4 Å². The largest absolute Gasteiger partial charge is 0.494 e. The van der Waals surface area contributed by atoms with Crippen LogP contribution in [0.25, 0.3) is 11.3 Å². The van der Waals surface area contributed by atoms with Crippen LogP contribution in [0, 0.1) is 5.92 Å². The molecule has 1 aliphatic heterocycles. The molecule has 5 rings (SSSR count). The van der Waals surface area contributed by atoms with Gasteiger partial charge in [-0.2, -0.15) is 0 Å². The van der Waals surface area contributed by atoms with Crippen molar-refractivity contribution in [1.82, 2.24) is 30.4 Å². The van der Waals surface area contributed by atoms with Crippen LogP contribution in [0.2, 0.25) is 0 Å². The lowest BCUT2D eigenvalue weighted by molar-refractivity contribution is -0.129. The van der Waals surface area contributed by atoms with Gasteiger partial charge in [0.15, 0.2) is 17.3 Å². The smallest absolute Gasteiger partial charge is 0.273 e. The van der Waals surface area contributed by atoms with Crippen LogP contribution in [0.15, 0.2) is 36.7 Å². The maximum absolute atomic E-state index is 12.8. The summed E-state index contributed by atoms with van der Waals surface area (Å²) >= 11 is 0. The predicted molar refractivity (Wildman–Crippen MR) is 149 cm³/mol. The van der Waals surface area contributed by atoms with Crippen LogP contribution in [0.5, 0.6) is 5.75 Å². The van der Waals surface area contributed by atoms with Gasteiger partial charge in [-0.05, 0) is 25.0 Å². The number of hydrogen-bond donors (Lipinski definition) is 3. The monoisotopic (exact) mass is 548 g/mol. The number of piperazine rings is 1. The van der Waals surface area contributed by atoms with Crippen LogP contribution in [-0.4, -0.2) is 83.1 Å². The molecule has 1 saturated carbocycles. The molecule has 0 bridgehead atoms. The lowest BCUT2D eigenvalue weighted by atomic mass is 10.1. The summed E-state index contributed by atoms with van der Waals surface area (Å²) in [5.41, 5.74) is 1.36. The minimum Gasteiger partial charge on any atom is -0.494 e. The van der Waals surface area contributed by atoms with E-state index in [0.717, 1.165) is 12.8 Å². The number of hydrogen-bond acceptors (Lipinski definition) is 10. The number of methoxy groups -OCH3 is 1. The average Bonchev–Trinajstić information content (AvgIpc) is 3.82. The average molecular weight is 549 g/mol. The van der Waals surface area contributed by atoms with E-state index in [1.807, 2.05) is 5.32 Å². The number of ether oxygens (including phenoxy) is 1. The zero-order chi connectivity index (χ0) is 30.7. The number of amides is 3. The molecule has 2 aliphatic rings. The van der Waals surface area contributed by atoms with E-state index in [2.05, 4.69) is 35.7 Å². The number of rotatable bonds is 8. The van der Waals surface area contributed by atoms with Crippen LogP contribution >= 0.6 is 0 Å². The summed E-state index contributed by atoms with van der Waals surface area (Å²) in [6.45, 7) is 1.34. The van der Waals surface area contributed by atoms with Crippen LogP contribution in [0.1, 0.15) is 34.4 Å². The van der Waals surface area contributed by atoms with E-state index in [1.165, 1.54) is 13.2 Å². The Morgan fingerprint density at radius 1 is 1.05 bits per heavy atom. The summed E-state index contributed by atoms with van der Waals surface area (Å²) in [6, 6.07) is 6.66. The van der Waals surface area contributed by atoms with Crippen molar-refractivity contribution in [2.45, 2.75) is 19.8 Å². The standard InChI is InChI=1S/C27H31N9O4/c1-16(37)35-9-11-36(12-10-35)23-15-29-21(14-30-23)18-5-4-6-19(25(18)40-3)31-20-13-22(32-26(38)17-7-8-17)33-34-24(20)27(39)28-2/h4-6,13-15,17H,7-12H2,1-3H3,(H,28,39)(H2,31,32,33,38)/i2D3. The van der Waals surface area contributed by atoms with Crippen molar-refractivity contribution in [3.8, 4) is 17.0 Å². The van der Waals surface area contributed by atoms with Crippen LogP contribution in [-0.2, 0) is 9.59 Å². The number of benzene rings is 1. The Hall–Kier alpha value is -4.81. The first-order valence-corrected chi connectivity index (χ1v) is 12.8. The second-order valence-electron chi connectivity index (χ2n) is 9.47. The van der Waals surface area contributed by atoms with Crippen molar-refractivity contribution in [2.24, 2.45) is 5.92 Å². The fraction of sp³-hybridized carbons (Fsp3) is 0.370. The number of para-hydroxylation sites is 1. The molecule has 3 heterocycles. The molecule has 3 N–H and O–H groups in total. The molecule has 2 aromatic heterocycles. The van der Waals surface area contributed by atoms with Crippen molar-refractivity contribution in [3.63, 3.8) is 0 Å². The number of nitrogens with one attached hydrogen (secondary N) is 3. The van der Waals surface area contributed by atoms with E-state index < -0.39 is 12.9 Å². The summed E-state index contributed by atoms with van der Waals surface area (Å²) in [5, 5.41) is 15.5. The van der Waals surface area contributed by atoms with Gasteiger partial charge in [-0.25, -0.2) is 4.98 Å². The number of nitrogens with zero attached hydrogens (tertiary/aromatic N) is 6. The molecule has 3 aromatic rings. The molecule has 3 amide bonds. The molecular formula is C27H31N9O4. The SMILES string of the molecule is [2H]C([2H])([2H])NC(=O)c1nnc(NC(=O)C2CC2)cc1Nc1cccc(-c2cnc(N3CCN(C(C)=O)CC3)cn2)c1OC. The highest BCUT2D eigenvalue weighted by molar-refractivity contribution is 6.00. The Morgan fingerprint density at radius 2 is 1.85 bits per heavy atom. The first-order valence-electron chi connectivity index (χ1n) is 14.3. The van der Waals surface area contributed by atoms with Gasteiger partial charge in [0, 0.05) is 61.7 Å². The molecule has 0 atom stereocenters. The molecule has 2 fully saturated rings. The van der Waals surface area contributed by atoms with E-state index in [0.29, 0.717) is 54.7 Å². The van der Waals surface area contributed by atoms with Gasteiger partial charge in [-0.3, -0.25) is 19.4 Å². The van der Waals surface area contributed by atoms with E-state index in [1.54, 1.807) is 42.4 Å². The predicted octanol–water partition coefficient (Wildman–Crippen LogP) is 2.06. The zero-order valence-electron chi connectivity index (χ0n) is 25.1. The molecular weight excluding hydrogens is 514 g/mol. The van der Waals surface area contributed by atoms with Gasteiger partial charge in [-0.15, -0.1) is 10.2 Å². The highest BCUT2D eigenvalue weighted by Gasteiger charge is 2.30. The topological polar surface area (TPSA) is 155 Å². The Labute approximate surface area is 235 Å². The van der Waals surface area contributed by atoms with Crippen LogP contribution in [0.3, 0.4) is 0 Å². The fourth-order valence-corrected chi connectivity index (χ4v) is 4.42. The fourth-order valence-electron chi connectivity index (χ4n) is 4.42. The summed E-state index contributed by atoms with van der Waals surface area (Å²) in [6.07, 6.45) is 4.86. The van der Waals surface area contributed by atoms with E-state index in [9.17, 15) is 14.4 Å². The maximum atomic E-state index is 12.8.